The normalized spacial score (nSPS) is 11.9. The number of anilines is 3. The van der Waals surface area contributed by atoms with E-state index < -0.39 is 4.92 Å². The highest BCUT2D eigenvalue weighted by molar-refractivity contribution is 5.75. The van der Waals surface area contributed by atoms with Crippen molar-refractivity contribution in [1.82, 2.24) is 9.97 Å². The molecule has 3 aromatic rings. The standard InChI is InChI=1S/C20H19N5O4/c1-12-4-3-5-15(13(12)2)24-20-18(25(26)27)19(22-10-23-20)21-9-14-6-7-16-17(8-14)29-11-28-16/h3-8,10H,9,11H2,1-2H3,(H2,21,22,23,24). The summed E-state index contributed by atoms with van der Waals surface area (Å²) in [6.45, 7) is 4.45. The molecule has 0 fully saturated rings. The number of ether oxygens (including phenoxy) is 2. The number of hydrogen-bond donors (Lipinski definition) is 2. The van der Waals surface area contributed by atoms with Crippen molar-refractivity contribution in [2.45, 2.75) is 20.4 Å². The van der Waals surface area contributed by atoms with E-state index in [0.29, 0.717) is 18.0 Å². The summed E-state index contributed by atoms with van der Waals surface area (Å²) in [5, 5.41) is 17.8. The molecule has 0 unspecified atom stereocenters. The molecule has 0 saturated carbocycles. The molecule has 9 nitrogen and oxygen atoms in total. The zero-order valence-corrected chi connectivity index (χ0v) is 15.9. The van der Waals surface area contributed by atoms with Crippen LogP contribution in [0.3, 0.4) is 0 Å². The van der Waals surface area contributed by atoms with Crippen LogP contribution in [0.2, 0.25) is 0 Å². The topological polar surface area (TPSA) is 111 Å². The molecule has 1 aromatic heterocycles. The summed E-state index contributed by atoms with van der Waals surface area (Å²) in [6, 6.07) is 11.2. The molecule has 0 bridgehead atoms. The predicted octanol–water partition coefficient (Wildman–Crippen LogP) is 4.09. The quantitative estimate of drug-likeness (QED) is 0.476. The van der Waals surface area contributed by atoms with Crippen molar-refractivity contribution < 1.29 is 14.4 Å². The molecule has 0 radical (unpaired) electrons. The van der Waals surface area contributed by atoms with E-state index in [9.17, 15) is 10.1 Å². The van der Waals surface area contributed by atoms with Gasteiger partial charge in [-0.05, 0) is 48.7 Å². The number of fused-ring (bicyclic) bond motifs is 1. The molecule has 148 valence electrons. The zero-order chi connectivity index (χ0) is 20.4. The van der Waals surface area contributed by atoms with Gasteiger partial charge in [0.2, 0.25) is 18.4 Å². The van der Waals surface area contributed by atoms with Gasteiger partial charge in [0, 0.05) is 12.2 Å². The van der Waals surface area contributed by atoms with Crippen LogP contribution in [0, 0.1) is 24.0 Å². The van der Waals surface area contributed by atoms with E-state index in [-0.39, 0.29) is 24.1 Å². The summed E-state index contributed by atoms with van der Waals surface area (Å²) in [4.78, 5) is 19.4. The van der Waals surface area contributed by atoms with Crippen molar-refractivity contribution in [1.29, 1.82) is 0 Å². The Morgan fingerprint density at radius 3 is 2.72 bits per heavy atom. The van der Waals surface area contributed by atoms with Crippen molar-refractivity contribution in [3.8, 4) is 11.5 Å². The Morgan fingerprint density at radius 1 is 1.10 bits per heavy atom. The average Bonchev–Trinajstić information content (AvgIpc) is 3.17. The van der Waals surface area contributed by atoms with Gasteiger partial charge in [-0.3, -0.25) is 10.1 Å². The van der Waals surface area contributed by atoms with Gasteiger partial charge in [-0.15, -0.1) is 0 Å². The maximum absolute atomic E-state index is 11.8. The second-order valence-corrected chi connectivity index (χ2v) is 6.59. The minimum absolute atomic E-state index is 0.131. The molecule has 4 rings (SSSR count). The fourth-order valence-corrected chi connectivity index (χ4v) is 3.02. The lowest BCUT2D eigenvalue weighted by molar-refractivity contribution is -0.383. The van der Waals surface area contributed by atoms with Gasteiger partial charge in [0.05, 0.1) is 4.92 Å². The van der Waals surface area contributed by atoms with Crippen molar-refractivity contribution >= 4 is 23.0 Å². The number of benzene rings is 2. The highest BCUT2D eigenvalue weighted by Crippen LogP contribution is 2.34. The summed E-state index contributed by atoms with van der Waals surface area (Å²) in [5.74, 6) is 1.60. The van der Waals surface area contributed by atoms with E-state index >= 15 is 0 Å². The third-order valence-electron chi connectivity index (χ3n) is 4.76. The van der Waals surface area contributed by atoms with Crippen LogP contribution in [0.4, 0.5) is 23.0 Å². The molecule has 2 N–H and O–H groups in total. The van der Waals surface area contributed by atoms with Crippen LogP contribution in [0.15, 0.2) is 42.7 Å². The summed E-state index contributed by atoms with van der Waals surface area (Å²) < 4.78 is 10.7. The lowest BCUT2D eigenvalue weighted by Gasteiger charge is -2.13. The minimum Gasteiger partial charge on any atom is -0.454 e. The Kier molecular flexibility index (Phi) is 4.86. The molecule has 2 heterocycles. The molecule has 0 amide bonds. The van der Waals surface area contributed by atoms with Crippen LogP contribution in [-0.2, 0) is 6.54 Å². The van der Waals surface area contributed by atoms with Gasteiger partial charge in [0.1, 0.15) is 6.33 Å². The van der Waals surface area contributed by atoms with Gasteiger partial charge in [-0.25, -0.2) is 9.97 Å². The Morgan fingerprint density at radius 2 is 1.90 bits per heavy atom. The summed E-state index contributed by atoms with van der Waals surface area (Å²) >= 11 is 0. The summed E-state index contributed by atoms with van der Waals surface area (Å²) in [5.41, 5.74) is 3.50. The first-order valence-corrected chi connectivity index (χ1v) is 8.98. The summed E-state index contributed by atoms with van der Waals surface area (Å²) in [6.07, 6.45) is 1.29. The molecular formula is C20H19N5O4. The van der Waals surface area contributed by atoms with Crippen molar-refractivity contribution in [2.75, 3.05) is 17.4 Å². The zero-order valence-electron chi connectivity index (χ0n) is 15.9. The van der Waals surface area contributed by atoms with E-state index in [4.69, 9.17) is 9.47 Å². The van der Waals surface area contributed by atoms with Crippen molar-refractivity contribution in [3.63, 3.8) is 0 Å². The summed E-state index contributed by atoms with van der Waals surface area (Å²) in [7, 11) is 0. The monoisotopic (exact) mass is 393 g/mol. The minimum atomic E-state index is -0.491. The molecule has 2 aromatic carbocycles. The molecule has 9 heteroatoms. The SMILES string of the molecule is Cc1cccc(Nc2ncnc(NCc3ccc4c(c3)OCO4)c2[N+](=O)[O-])c1C. The van der Waals surface area contributed by atoms with Crippen LogP contribution in [0.25, 0.3) is 0 Å². The smallest absolute Gasteiger partial charge is 0.353 e. The lowest BCUT2D eigenvalue weighted by atomic mass is 10.1. The van der Waals surface area contributed by atoms with Crippen LogP contribution in [-0.4, -0.2) is 21.7 Å². The Balaban J connectivity index is 1.59. The predicted molar refractivity (Wildman–Crippen MR) is 108 cm³/mol. The van der Waals surface area contributed by atoms with Gasteiger partial charge < -0.3 is 20.1 Å². The molecule has 0 aliphatic carbocycles. The van der Waals surface area contributed by atoms with Gasteiger partial charge in [0.25, 0.3) is 0 Å². The van der Waals surface area contributed by atoms with E-state index in [1.807, 2.05) is 44.2 Å². The number of rotatable bonds is 6. The Labute approximate surface area is 166 Å². The second-order valence-electron chi connectivity index (χ2n) is 6.59. The molecule has 1 aliphatic heterocycles. The van der Waals surface area contributed by atoms with Crippen LogP contribution >= 0.6 is 0 Å². The Bertz CT molecular complexity index is 1090. The maximum atomic E-state index is 11.8. The molecule has 0 spiro atoms. The number of aryl methyl sites for hydroxylation is 1. The van der Waals surface area contributed by atoms with Crippen molar-refractivity contribution in [2.24, 2.45) is 0 Å². The second kappa shape index (κ2) is 7.63. The van der Waals surface area contributed by atoms with E-state index in [2.05, 4.69) is 20.6 Å². The van der Waals surface area contributed by atoms with Gasteiger partial charge in [-0.2, -0.15) is 0 Å². The molecule has 0 saturated heterocycles. The van der Waals surface area contributed by atoms with E-state index in [1.165, 1.54) is 6.33 Å². The van der Waals surface area contributed by atoms with E-state index in [0.717, 1.165) is 22.4 Å². The van der Waals surface area contributed by atoms with Gasteiger partial charge in [0.15, 0.2) is 11.5 Å². The first-order chi connectivity index (χ1) is 14.0. The molecule has 29 heavy (non-hydrogen) atoms. The Hall–Kier alpha value is -3.88. The molecule has 0 atom stereocenters. The van der Waals surface area contributed by atoms with Crippen LogP contribution in [0.5, 0.6) is 11.5 Å². The van der Waals surface area contributed by atoms with Crippen LogP contribution in [0.1, 0.15) is 16.7 Å². The van der Waals surface area contributed by atoms with Gasteiger partial charge >= 0.3 is 5.69 Å². The largest absolute Gasteiger partial charge is 0.454 e. The number of nitrogens with one attached hydrogen (secondary N) is 2. The average molecular weight is 393 g/mol. The maximum Gasteiger partial charge on any atom is 0.353 e. The highest BCUT2D eigenvalue weighted by Gasteiger charge is 2.24. The van der Waals surface area contributed by atoms with Crippen molar-refractivity contribution in [3.05, 3.63) is 69.5 Å². The number of aromatic nitrogens is 2. The molecular weight excluding hydrogens is 374 g/mol. The van der Waals surface area contributed by atoms with Gasteiger partial charge in [-0.1, -0.05) is 18.2 Å². The number of nitro groups is 1. The fourth-order valence-electron chi connectivity index (χ4n) is 3.02. The first kappa shape index (κ1) is 18.5. The highest BCUT2D eigenvalue weighted by atomic mass is 16.7. The molecule has 1 aliphatic rings. The van der Waals surface area contributed by atoms with E-state index in [1.54, 1.807) is 6.07 Å². The number of nitrogens with zero attached hydrogens (tertiary/aromatic N) is 3. The lowest BCUT2D eigenvalue weighted by Crippen LogP contribution is -2.08. The third kappa shape index (κ3) is 3.75. The fraction of sp³-hybridized carbons (Fsp3) is 0.200. The third-order valence-corrected chi connectivity index (χ3v) is 4.76. The number of hydrogen-bond acceptors (Lipinski definition) is 8. The first-order valence-electron chi connectivity index (χ1n) is 8.98. The van der Waals surface area contributed by atoms with Crippen LogP contribution < -0.4 is 20.1 Å².